The van der Waals surface area contributed by atoms with E-state index >= 15 is 0 Å². The molecule has 0 radical (unpaired) electrons. The SMILES string of the molecule is CC(O)c1nc2ccccc2n1CC(=O)NCc1ccco1. The van der Waals surface area contributed by atoms with Crippen LogP contribution in [0.2, 0.25) is 0 Å². The van der Waals surface area contributed by atoms with Crippen molar-refractivity contribution in [1.82, 2.24) is 14.9 Å². The van der Waals surface area contributed by atoms with E-state index in [9.17, 15) is 9.90 Å². The summed E-state index contributed by atoms with van der Waals surface area (Å²) in [6, 6.07) is 11.1. The van der Waals surface area contributed by atoms with Gasteiger partial charge in [-0.1, -0.05) is 12.1 Å². The average Bonchev–Trinajstić information content (AvgIpc) is 3.13. The van der Waals surface area contributed by atoms with Crippen LogP contribution in [0, 0.1) is 0 Å². The summed E-state index contributed by atoms with van der Waals surface area (Å²) in [6.07, 6.45) is 0.821. The number of hydrogen-bond donors (Lipinski definition) is 2. The molecule has 0 bridgehead atoms. The number of benzene rings is 1. The summed E-state index contributed by atoms with van der Waals surface area (Å²) in [6.45, 7) is 2.07. The highest BCUT2D eigenvalue weighted by molar-refractivity contribution is 5.81. The molecule has 3 aromatic rings. The smallest absolute Gasteiger partial charge is 0.240 e. The van der Waals surface area contributed by atoms with Gasteiger partial charge in [0, 0.05) is 0 Å². The summed E-state index contributed by atoms with van der Waals surface area (Å²) in [5.74, 6) is 1.01. The zero-order chi connectivity index (χ0) is 15.5. The number of carbonyl (C=O) groups excluding carboxylic acids is 1. The number of aliphatic hydroxyl groups is 1. The Hall–Kier alpha value is -2.60. The number of amides is 1. The second kappa shape index (κ2) is 6.03. The lowest BCUT2D eigenvalue weighted by molar-refractivity contribution is -0.121. The Kier molecular flexibility index (Phi) is 3.93. The van der Waals surface area contributed by atoms with Crippen LogP contribution in [0.1, 0.15) is 24.6 Å². The van der Waals surface area contributed by atoms with E-state index in [1.165, 1.54) is 0 Å². The lowest BCUT2D eigenvalue weighted by Crippen LogP contribution is -2.27. The average molecular weight is 299 g/mol. The number of para-hydroxylation sites is 2. The van der Waals surface area contributed by atoms with Gasteiger partial charge in [-0.25, -0.2) is 4.98 Å². The maximum Gasteiger partial charge on any atom is 0.240 e. The number of nitrogens with zero attached hydrogens (tertiary/aromatic N) is 2. The third-order valence-electron chi connectivity index (χ3n) is 3.40. The van der Waals surface area contributed by atoms with Crippen LogP contribution < -0.4 is 5.32 Å². The van der Waals surface area contributed by atoms with Crippen molar-refractivity contribution in [3.63, 3.8) is 0 Å². The summed E-state index contributed by atoms with van der Waals surface area (Å²) >= 11 is 0. The molecule has 0 spiro atoms. The van der Waals surface area contributed by atoms with Crippen LogP contribution in [0.4, 0.5) is 0 Å². The quantitative estimate of drug-likeness (QED) is 0.755. The highest BCUT2D eigenvalue weighted by Crippen LogP contribution is 2.20. The number of fused-ring (bicyclic) bond motifs is 1. The van der Waals surface area contributed by atoms with Crippen LogP contribution in [0.3, 0.4) is 0 Å². The molecule has 1 aromatic carbocycles. The van der Waals surface area contributed by atoms with Gasteiger partial charge in [0.05, 0.1) is 23.8 Å². The predicted molar refractivity (Wildman–Crippen MR) is 80.9 cm³/mol. The van der Waals surface area contributed by atoms with Gasteiger partial charge in [0.2, 0.25) is 5.91 Å². The van der Waals surface area contributed by atoms with Gasteiger partial charge >= 0.3 is 0 Å². The number of aromatic nitrogens is 2. The monoisotopic (exact) mass is 299 g/mol. The summed E-state index contributed by atoms with van der Waals surface area (Å²) in [7, 11) is 0. The molecule has 114 valence electrons. The normalized spacial score (nSPS) is 12.5. The van der Waals surface area contributed by atoms with Gasteiger partial charge in [-0.3, -0.25) is 4.79 Å². The van der Waals surface area contributed by atoms with Crippen molar-refractivity contribution in [2.24, 2.45) is 0 Å². The van der Waals surface area contributed by atoms with Crippen molar-refractivity contribution >= 4 is 16.9 Å². The van der Waals surface area contributed by atoms with E-state index in [-0.39, 0.29) is 12.5 Å². The number of hydrogen-bond acceptors (Lipinski definition) is 4. The summed E-state index contributed by atoms with van der Waals surface area (Å²) in [5.41, 5.74) is 1.59. The fraction of sp³-hybridized carbons (Fsp3) is 0.250. The first-order valence-corrected chi connectivity index (χ1v) is 7.07. The van der Waals surface area contributed by atoms with Crippen LogP contribution in [0.5, 0.6) is 0 Å². The fourth-order valence-electron chi connectivity index (χ4n) is 2.38. The zero-order valence-electron chi connectivity index (χ0n) is 12.2. The molecule has 0 aliphatic rings. The molecule has 1 amide bonds. The summed E-state index contributed by atoms with van der Waals surface area (Å²) in [5, 5.41) is 12.7. The van der Waals surface area contributed by atoms with E-state index in [1.807, 2.05) is 24.3 Å². The molecule has 2 aromatic heterocycles. The molecule has 0 aliphatic carbocycles. The second-order valence-corrected chi connectivity index (χ2v) is 5.08. The van der Waals surface area contributed by atoms with Gasteiger partial charge in [-0.15, -0.1) is 0 Å². The van der Waals surface area contributed by atoms with Crippen LogP contribution >= 0.6 is 0 Å². The lowest BCUT2D eigenvalue weighted by Gasteiger charge is -2.10. The highest BCUT2D eigenvalue weighted by atomic mass is 16.3. The number of furan rings is 1. The molecule has 1 unspecified atom stereocenters. The molecule has 3 rings (SSSR count). The van der Waals surface area contributed by atoms with Gasteiger partial charge in [0.1, 0.15) is 24.2 Å². The Morgan fingerprint density at radius 3 is 2.91 bits per heavy atom. The van der Waals surface area contributed by atoms with E-state index in [0.717, 1.165) is 11.0 Å². The Bertz CT molecular complexity index is 775. The minimum absolute atomic E-state index is 0.0987. The maximum atomic E-state index is 12.1. The van der Waals surface area contributed by atoms with Crippen molar-refractivity contribution in [3.8, 4) is 0 Å². The molecule has 1 atom stereocenters. The van der Waals surface area contributed by atoms with E-state index in [1.54, 1.807) is 29.9 Å². The van der Waals surface area contributed by atoms with Crippen LogP contribution in [0.25, 0.3) is 11.0 Å². The van der Waals surface area contributed by atoms with Crippen molar-refractivity contribution in [2.75, 3.05) is 0 Å². The second-order valence-electron chi connectivity index (χ2n) is 5.08. The maximum absolute atomic E-state index is 12.1. The Labute approximate surface area is 127 Å². The Morgan fingerprint density at radius 1 is 1.36 bits per heavy atom. The van der Waals surface area contributed by atoms with Gasteiger partial charge in [-0.05, 0) is 31.2 Å². The topological polar surface area (TPSA) is 80.3 Å². The van der Waals surface area contributed by atoms with Crippen molar-refractivity contribution in [3.05, 3.63) is 54.2 Å². The minimum Gasteiger partial charge on any atom is -0.467 e. The number of imidazole rings is 1. The molecular weight excluding hydrogens is 282 g/mol. The molecule has 2 N–H and O–H groups in total. The molecule has 0 saturated heterocycles. The Morgan fingerprint density at radius 2 is 2.18 bits per heavy atom. The molecule has 2 heterocycles. The largest absolute Gasteiger partial charge is 0.467 e. The highest BCUT2D eigenvalue weighted by Gasteiger charge is 2.16. The van der Waals surface area contributed by atoms with Crippen LogP contribution in [-0.2, 0) is 17.9 Å². The van der Waals surface area contributed by atoms with Gasteiger partial charge in [0.15, 0.2) is 0 Å². The van der Waals surface area contributed by atoms with Crippen molar-refractivity contribution < 1.29 is 14.3 Å². The van der Waals surface area contributed by atoms with Gasteiger partial charge in [-0.2, -0.15) is 0 Å². The van der Waals surface area contributed by atoms with E-state index in [2.05, 4.69) is 10.3 Å². The molecule has 0 fully saturated rings. The standard InChI is InChI=1S/C16H17N3O3/c1-11(20)16-18-13-6-2-3-7-14(13)19(16)10-15(21)17-9-12-5-4-8-22-12/h2-8,11,20H,9-10H2,1H3,(H,17,21). The molecule has 22 heavy (non-hydrogen) atoms. The number of nitrogens with one attached hydrogen (secondary N) is 1. The predicted octanol–water partition coefficient (Wildman–Crippen LogP) is 2.00. The first kappa shape index (κ1) is 14.3. The van der Waals surface area contributed by atoms with E-state index < -0.39 is 6.10 Å². The van der Waals surface area contributed by atoms with Crippen LogP contribution in [-0.4, -0.2) is 20.6 Å². The molecule has 0 aliphatic heterocycles. The molecule has 6 nitrogen and oxygen atoms in total. The van der Waals surface area contributed by atoms with E-state index in [0.29, 0.717) is 18.1 Å². The number of carbonyl (C=O) groups is 1. The summed E-state index contributed by atoms with van der Waals surface area (Å²) in [4.78, 5) is 16.5. The molecule has 0 saturated carbocycles. The third kappa shape index (κ3) is 2.87. The first-order valence-electron chi connectivity index (χ1n) is 7.07. The lowest BCUT2D eigenvalue weighted by atomic mass is 10.3. The first-order chi connectivity index (χ1) is 10.6. The Balaban J connectivity index is 1.80. The van der Waals surface area contributed by atoms with E-state index in [4.69, 9.17) is 4.42 Å². The van der Waals surface area contributed by atoms with Crippen molar-refractivity contribution in [2.45, 2.75) is 26.1 Å². The number of aliphatic hydroxyl groups excluding tert-OH is 1. The third-order valence-corrected chi connectivity index (χ3v) is 3.40. The van der Waals surface area contributed by atoms with Crippen LogP contribution in [0.15, 0.2) is 47.1 Å². The van der Waals surface area contributed by atoms with Gasteiger partial charge < -0.3 is 19.4 Å². The fourth-order valence-corrected chi connectivity index (χ4v) is 2.38. The van der Waals surface area contributed by atoms with Gasteiger partial charge in [0.25, 0.3) is 0 Å². The minimum atomic E-state index is -0.745. The zero-order valence-corrected chi connectivity index (χ0v) is 12.2. The molecule has 6 heteroatoms. The summed E-state index contributed by atoms with van der Waals surface area (Å²) < 4.78 is 6.91. The van der Waals surface area contributed by atoms with Crippen molar-refractivity contribution in [1.29, 1.82) is 0 Å². The molecular formula is C16H17N3O3. The number of rotatable bonds is 5.